The Kier molecular flexibility index (Phi) is 4.95. The van der Waals surface area contributed by atoms with Crippen LogP contribution in [0.2, 0.25) is 0 Å². The molecule has 1 heterocycles. The van der Waals surface area contributed by atoms with Crippen LogP contribution in [0.15, 0.2) is 0 Å². The molecule has 2 N–H and O–H groups in total. The summed E-state index contributed by atoms with van der Waals surface area (Å²) in [6.07, 6.45) is 5.32. The maximum absolute atomic E-state index is 12.3. The lowest BCUT2D eigenvalue weighted by Gasteiger charge is -2.40. The summed E-state index contributed by atoms with van der Waals surface area (Å²) in [4.78, 5) is 14.2. The molecule has 2 unspecified atom stereocenters. The van der Waals surface area contributed by atoms with Crippen LogP contribution >= 0.6 is 0 Å². The highest BCUT2D eigenvalue weighted by atomic mass is 16.3. The molecule has 2 aliphatic rings. The monoisotopic (exact) mass is 282 g/mol. The second-order valence-electron chi connectivity index (χ2n) is 7.55. The predicted octanol–water partition coefficient (Wildman–Crippen LogP) is 2.62. The summed E-state index contributed by atoms with van der Waals surface area (Å²) in [6.45, 7) is 8.71. The van der Waals surface area contributed by atoms with Crippen molar-refractivity contribution in [1.29, 1.82) is 0 Å². The van der Waals surface area contributed by atoms with Crippen LogP contribution < -0.4 is 5.32 Å². The highest BCUT2D eigenvalue weighted by Gasteiger charge is 2.34. The molecular weight excluding hydrogens is 252 g/mol. The van der Waals surface area contributed by atoms with Crippen molar-refractivity contribution in [2.75, 3.05) is 19.7 Å². The first-order valence-corrected chi connectivity index (χ1v) is 8.07. The highest BCUT2D eigenvalue weighted by Crippen LogP contribution is 2.38. The SMILES string of the molecule is CC1CC(C)(C)CCC1NC(=O)N1CCC(CO)CC1. The van der Waals surface area contributed by atoms with Crippen molar-refractivity contribution in [3.05, 3.63) is 0 Å². The number of nitrogens with zero attached hydrogens (tertiary/aromatic N) is 1. The first-order chi connectivity index (χ1) is 9.41. The molecule has 2 amide bonds. The predicted molar refractivity (Wildman–Crippen MR) is 80.5 cm³/mol. The zero-order valence-electron chi connectivity index (χ0n) is 13.2. The van der Waals surface area contributed by atoms with Gasteiger partial charge in [0.2, 0.25) is 0 Å². The molecule has 1 saturated heterocycles. The molecule has 0 bridgehead atoms. The molecular formula is C16H30N2O2. The van der Waals surface area contributed by atoms with Crippen molar-refractivity contribution in [2.45, 2.75) is 58.9 Å². The van der Waals surface area contributed by atoms with Gasteiger partial charge in [0, 0.05) is 25.7 Å². The third-order valence-electron chi connectivity index (χ3n) is 5.16. The van der Waals surface area contributed by atoms with Crippen LogP contribution in [-0.4, -0.2) is 41.8 Å². The first-order valence-electron chi connectivity index (χ1n) is 8.07. The van der Waals surface area contributed by atoms with Gasteiger partial charge in [-0.15, -0.1) is 0 Å². The third kappa shape index (κ3) is 3.87. The minimum atomic E-state index is 0.0953. The average molecular weight is 282 g/mol. The second-order valence-corrected chi connectivity index (χ2v) is 7.55. The number of aliphatic hydroxyl groups is 1. The molecule has 4 nitrogen and oxygen atoms in total. The molecule has 4 heteroatoms. The minimum absolute atomic E-state index is 0.0953. The fourth-order valence-electron chi connectivity index (χ4n) is 3.73. The van der Waals surface area contributed by atoms with E-state index in [1.165, 1.54) is 12.8 Å². The maximum Gasteiger partial charge on any atom is 0.317 e. The van der Waals surface area contributed by atoms with Crippen LogP contribution in [0.3, 0.4) is 0 Å². The average Bonchev–Trinajstić information content (AvgIpc) is 2.41. The smallest absolute Gasteiger partial charge is 0.317 e. The van der Waals surface area contributed by atoms with E-state index >= 15 is 0 Å². The molecule has 1 aliphatic carbocycles. The van der Waals surface area contributed by atoms with Crippen LogP contribution in [0.25, 0.3) is 0 Å². The topological polar surface area (TPSA) is 52.6 Å². The van der Waals surface area contributed by atoms with Crippen LogP contribution in [0.4, 0.5) is 4.79 Å². The van der Waals surface area contributed by atoms with E-state index in [0.29, 0.717) is 23.3 Å². The number of carbonyl (C=O) groups is 1. The van der Waals surface area contributed by atoms with E-state index < -0.39 is 0 Å². The number of aliphatic hydroxyl groups excluding tert-OH is 1. The van der Waals surface area contributed by atoms with E-state index in [1.54, 1.807) is 0 Å². The lowest BCUT2D eigenvalue weighted by molar-refractivity contribution is 0.120. The van der Waals surface area contributed by atoms with E-state index in [9.17, 15) is 4.79 Å². The van der Waals surface area contributed by atoms with E-state index in [4.69, 9.17) is 5.11 Å². The van der Waals surface area contributed by atoms with Gasteiger partial charge in [0.25, 0.3) is 0 Å². The van der Waals surface area contributed by atoms with Gasteiger partial charge in [-0.25, -0.2) is 4.79 Å². The van der Waals surface area contributed by atoms with E-state index in [0.717, 1.165) is 32.4 Å². The zero-order chi connectivity index (χ0) is 14.8. The molecule has 1 aliphatic heterocycles. The summed E-state index contributed by atoms with van der Waals surface area (Å²) >= 11 is 0. The summed E-state index contributed by atoms with van der Waals surface area (Å²) in [5.74, 6) is 0.936. The van der Waals surface area contributed by atoms with Crippen molar-refractivity contribution < 1.29 is 9.90 Å². The minimum Gasteiger partial charge on any atom is -0.396 e. The third-order valence-corrected chi connectivity index (χ3v) is 5.16. The lowest BCUT2D eigenvalue weighted by atomic mass is 9.70. The van der Waals surface area contributed by atoms with E-state index in [2.05, 4.69) is 26.1 Å². The molecule has 0 spiro atoms. The van der Waals surface area contributed by atoms with Gasteiger partial charge in [-0.05, 0) is 49.4 Å². The molecule has 0 aromatic carbocycles. The Bertz CT molecular complexity index is 335. The Morgan fingerprint density at radius 2 is 1.95 bits per heavy atom. The molecule has 1 saturated carbocycles. The van der Waals surface area contributed by atoms with Crippen LogP contribution in [0.1, 0.15) is 52.9 Å². The number of likely N-dealkylation sites (tertiary alicyclic amines) is 1. The maximum atomic E-state index is 12.3. The Hall–Kier alpha value is -0.770. The van der Waals surface area contributed by atoms with Crippen molar-refractivity contribution in [3.63, 3.8) is 0 Å². The van der Waals surface area contributed by atoms with Gasteiger partial charge in [0.05, 0.1) is 0 Å². The number of nitrogens with one attached hydrogen (secondary N) is 1. The van der Waals surface area contributed by atoms with Crippen molar-refractivity contribution in [1.82, 2.24) is 10.2 Å². The molecule has 0 radical (unpaired) electrons. The molecule has 0 aromatic heterocycles. The van der Waals surface area contributed by atoms with Gasteiger partial charge >= 0.3 is 6.03 Å². The summed E-state index contributed by atoms with van der Waals surface area (Å²) < 4.78 is 0. The fraction of sp³-hybridized carbons (Fsp3) is 0.938. The number of hydrogen-bond donors (Lipinski definition) is 2. The van der Waals surface area contributed by atoms with Gasteiger partial charge in [-0.1, -0.05) is 20.8 Å². The Labute approximate surface area is 122 Å². The largest absolute Gasteiger partial charge is 0.396 e. The van der Waals surface area contributed by atoms with Crippen LogP contribution in [0.5, 0.6) is 0 Å². The molecule has 0 aromatic rings. The molecule has 2 fully saturated rings. The molecule has 2 rings (SSSR count). The number of piperidine rings is 1. The lowest BCUT2D eigenvalue weighted by Crippen LogP contribution is -2.51. The van der Waals surface area contributed by atoms with Crippen molar-refractivity contribution in [2.24, 2.45) is 17.3 Å². The normalized spacial score (nSPS) is 31.1. The second kappa shape index (κ2) is 6.33. The van der Waals surface area contributed by atoms with Gasteiger partial charge in [0.15, 0.2) is 0 Å². The fourth-order valence-corrected chi connectivity index (χ4v) is 3.73. The molecule has 20 heavy (non-hydrogen) atoms. The van der Waals surface area contributed by atoms with Crippen molar-refractivity contribution >= 4 is 6.03 Å². The van der Waals surface area contributed by atoms with Gasteiger partial charge < -0.3 is 15.3 Å². The number of amides is 2. The summed E-state index contributed by atoms with van der Waals surface area (Å²) in [6, 6.07) is 0.420. The first kappa shape index (κ1) is 15.6. The van der Waals surface area contributed by atoms with Crippen molar-refractivity contribution in [3.8, 4) is 0 Å². The Morgan fingerprint density at radius 1 is 1.30 bits per heavy atom. The van der Waals surface area contributed by atoms with E-state index in [1.807, 2.05) is 4.90 Å². The van der Waals surface area contributed by atoms with Crippen LogP contribution in [0, 0.1) is 17.3 Å². The zero-order valence-corrected chi connectivity index (χ0v) is 13.2. The van der Waals surface area contributed by atoms with Crippen LogP contribution in [-0.2, 0) is 0 Å². The summed E-state index contributed by atoms with van der Waals surface area (Å²) in [5.41, 5.74) is 0.417. The van der Waals surface area contributed by atoms with Gasteiger partial charge in [-0.2, -0.15) is 0 Å². The standard InChI is InChI=1S/C16H30N2O2/c1-12-10-16(2,3)7-4-14(12)17-15(20)18-8-5-13(11-19)6-9-18/h12-14,19H,4-11H2,1-3H3,(H,17,20). The van der Waals surface area contributed by atoms with E-state index in [-0.39, 0.29) is 12.6 Å². The Balaban J connectivity index is 1.80. The van der Waals surface area contributed by atoms with Gasteiger partial charge in [0.1, 0.15) is 0 Å². The summed E-state index contributed by atoms with van der Waals surface area (Å²) in [5, 5.41) is 12.4. The quantitative estimate of drug-likeness (QED) is 0.818. The summed E-state index contributed by atoms with van der Waals surface area (Å²) in [7, 11) is 0. The Morgan fingerprint density at radius 3 is 2.50 bits per heavy atom. The number of rotatable bonds is 2. The molecule has 2 atom stereocenters. The number of carbonyl (C=O) groups excluding carboxylic acids is 1. The number of urea groups is 1. The number of hydrogen-bond acceptors (Lipinski definition) is 2. The highest BCUT2D eigenvalue weighted by molar-refractivity contribution is 5.74. The molecule has 116 valence electrons. The van der Waals surface area contributed by atoms with Gasteiger partial charge in [-0.3, -0.25) is 0 Å².